The summed E-state index contributed by atoms with van der Waals surface area (Å²) in [6, 6.07) is 13.3. The fraction of sp³-hybridized carbons (Fsp3) is 0.444. The fourth-order valence-corrected chi connectivity index (χ4v) is 4.89. The number of nitrogens with zero attached hydrogens (tertiary/aromatic N) is 2. The number of unbranched alkanes of at least 4 members (excludes halogenated alkanes) is 1. The largest absolute Gasteiger partial charge is 0.494 e. The molecule has 1 N–H and O–H groups in total. The van der Waals surface area contributed by atoms with Gasteiger partial charge in [-0.15, -0.1) is 0 Å². The molecule has 0 radical (unpaired) electrons. The molecule has 0 atom stereocenters. The van der Waals surface area contributed by atoms with Crippen LogP contribution in [0.25, 0.3) is 11.1 Å². The minimum Gasteiger partial charge on any atom is -0.494 e. The van der Waals surface area contributed by atoms with Crippen LogP contribution in [0.2, 0.25) is 0 Å². The van der Waals surface area contributed by atoms with Gasteiger partial charge in [0.15, 0.2) is 0 Å². The Kier molecular flexibility index (Phi) is 7.90. The number of rotatable bonds is 8. The molecule has 0 saturated heterocycles. The molecule has 2 aromatic carbocycles. The maximum Gasteiger partial charge on any atom is 0.337 e. The predicted molar refractivity (Wildman–Crippen MR) is 124 cm³/mol. The SMILES string of the molecule is CCCCC1CCC(c2c(-c3ccc(OCC)cc3)cc(C(=O)O)c(C#N)c2C#N)CC1. The van der Waals surface area contributed by atoms with Crippen LogP contribution in [0.15, 0.2) is 30.3 Å². The van der Waals surface area contributed by atoms with Crippen molar-refractivity contribution in [2.24, 2.45) is 5.92 Å². The summed E-state index contributed by atoms with van der Waals surface area (Å²) in [7, 11) is 0. The van der Waals surface area contributed by atoms with Crippen LogP contribution in [0.3, 0.4) is 0 Å². The number of carboxylic acid groups (broad SMARTS) is 1. The monoisotopic (exact) mass is 430 g/mol. The van der Waals surface area contributed by atoms with Crippen molar-refractivity contribution in [3.05, 3.63) is 52.6 Å². The first-order valence-electron chi connectivity index (χ1n) is 11.5. The highest BCUT2D eigenvalue weighted by Crippen LogP contribution is 2.44. The van der Waals surface area contributed by atoms with E-state index in [2.05, 4.69) is 13.0 Å². The third-order valence-corrected chi connectivity index (χ3v) is 6.52. The van der Waals surface area contributed by atoms with E-state index in [1.54, 1.807) is 6.07 Å². The Morgan fingerprint density at radius 2 is 1.72 bits per heavy atom. The molecule has 166 valence electrons. The van der Waals surface area contributed by atoms with E-state index in [-0.39, 0.29) is 22.6 Å². The van der Waals surface area contributed by atoms with E-state index < -0.39 is 5.97 Å². The maximum absolute atomic E-state index is 11.9. The fourth-order valence-electron chi connectivity index (χ4n) is 4.89. The van der Waals surface area contributed by atoms with Gasteiger partial charge >= 0.3 is 5.97 Å². The molecule has 0 bridgehead atoms. The highest BCUT2D eigenvalue weighted by molar-refractivity contribution is 5.94. The predicted octanol–water partition coefficient (Wildman–Crippen LogP) is 6.66. The Labute approximate surface area is 190 Å². The number of carboxylic acids is 1. The van der Waals surface area contributed by atoms with Gasteiger partial charge in [-0.05, 0) is 79.3 Å². The zero-order valence-electron chi connectivity index (χ0n) is 18.9. The van der Waals surface area contributed by atoms with Gasteiger partial charge in [0.05, 0.1) is 23.3 Å². The van der Waals surface area contributed by atoms with E-state index in [0.717, 1.165) is 48.1 Å². The third kappa shape index (κ3) is 4.94. The molecule has 0 amide bonds. The Bertz CT molecular complexity index is 1040. The second-order valence-electron chi connectivity index (χ2n) is 8.48. The highest BCUT2D eigenvalue weighted by atomic mass is 16.5. The van der Waals surface area contributed by atoms with Crippen molar-refractivity contribution in [2.75, 3.05) is 6.61 Å². The van der Waals surface area contributed by atoms with Gasteiger partial charge < -0.3 is 9.84 Å². The summed E-state index contributed by atoms with van der Waals surface area (Å²) in [6.45, 7) is 4.69. The number of hydrogen-bond acceptors (Lipinski definition) is 4. The molecule has 5 heteroatoms. The summed E-state index contributed by atoms with van der Waals surface area (Å²) in [5.74, 6) is 0.389. The van der Waals surface area contributed by atoms with E-state index in [4.69, 9.17) is 4.74 Å². The van der Waals surface area contributed by atoms with Crippen molar-refractivity contribution in [1.29, 1.82) is 10.5 Å². The van der Waals surface area contributed by atoms with Gasteiger partial charge in [-0.1, -0.05) is 38.3 Å². The molecule has 0 aromatic heterocycles. The molecule has 32 heavy (non-hydrogen) atoms. The Hall–Kier alpha value is -3.31. The average molecular weight is 431 g/mol. The molecule has 0 heterocycles. The molecule has 2 aromatic rings. The molecule has 1 aliphatic rings. The second kappa shape index (κ2) is 10.8. The minimum absolute atomic E-state index is 0.0298. The summed E-state index contributed by atoms with van der Waals surface area (Å²) in [5, 5.41) is 29.5. The van der Waals surface area contributed by atoms with Crippen LogP contribution in [-0.2, 0) is 0 Å². The Balaban J connectivity index is 2.11. The van der Waals surface area contributed by atoms with E-state index in [9.17, 15) is 20.4 Å². The maximum atomic E-state index is 11.9. The average Bonchev–Trinajstić information content (AvgIpc) is 2.82. The zero-order chi connectivity index (χ0) is 23.1. The number of carbonyl (C=O) groups is 1. The molecule has 0 spiro atoms. The number of hydrogen-bond donors (Lipinski definition) is 1. The van der Waals surface area contributed by atoms with Crippen LogP contribution >= 0.6 is 0 Å². The normalized spacial score (nSPS) is 17.9. The molecule has 0 aliphatic heterocycles. The van der Waals surface area contributed by atoms with E-state index in [1.165, 1.54) is 19.3 Å². The Morgan fingerprint density at radius 3 is 2.25 bits per heavy atom. The first-order valence-corrected chi connectivity index (χ1v) is 11.5. The number of aromatic carboxylic acids is 1. The second-order valence-corrected chi connectivity index (χ2v) is 8.48. The van der Waals surface area contributed by atoms with E-state index >= 15 is 0 Å². The van der Waals surface area contributed by atoms with Crippen LogP contribution in [0.1, 0.15) is 91.8 Å². The van der Waals surface area contributed by atoms with Gasteiger partial charge in [-0.3, -0.25) is 0 Å². The lowest BCUT2D eigenvalue weighted by Gasteiger charge is -2.31. The van der Waals surface area contributed by atoms with Gasteiger partial charge in [-0.2, -0.15) is 10.5 Å². The van der Waals surface area contributed by atoms with Crippen LogP contribution in [-0.4, -0.2) is 17.7 Å². The number of ether oxygens (including phenoxy) is 1. The van der Waals surface area contributed by atoms with Crippen molar-refractivity contribution in [1.82, 2.24) is 0 Å². The van der Waals surface area contributed by atoms with Crippen LogP contribution in [0, 0.1) is 28.6 Å². The van der Waals surface area contributed by atoms with Crippen LogP contribution in [0.4, 0.5) is 0 Å². The van der Waals surface area contributed by atoms with Gasteiger partial charge in [-0.25, -0.2) is 4.79 Å². The van der Waals surface area contributed by atoms with Crippen LogP contribution in [0.5, 0.6) is 5.75 Å². The molecule has 1 fully saturated rings. The lowest BCUT2D eigenvalue weighted by atomic mass is 9.73. The first kappa shape index (κ1) is 23.4. The summed E-state index contributed by atoms with van der Waals surface area (Å²) in [6.07, 6.45) is 7.77. The van der Waals surface area contributed by atoms with E-state index in [1.807, 2.05) is 37.3 Å². The lowest BCUT2D eigenvalue weighted by Crippen LogP contribution is -2.17. The topological polar surface area (TPSA) is 94.1 Å². The number of nitriles is 2. The van der Waals surface area contributed by atoms with Crippen molar-refractivity contribution < 1.29 is 14.6 Å². The molecule has 5 nitrogen and oxygen atoms in total. The van der Waals surface area contributed by atoms with Crippen molar-refractivity contribution >= 4 is 5.97 Å². The molecule has 0 unspecified atom stereocenters. The van der Waals surface area contributed by atoms with Crippen LogP contribution < -0.4 is 4.74 Å². The van der Waals surface area contributed by atoms with Crippen molar-refractivity contribution in [3.8, 4) is 29.0 Å². The standard InChI is InChI=1S/C27H30N2O3/c1-3-5-6-18-7-9-20(10-8-18)26-22(19-11-13-21(14-12-19)32-4-2)15-23(27(30)31)24(16-28)25(26)17-29/h11-15,18,20H,3-10H2,1-2H3,(H,30,31). The summed E-state index contributed by atoms with van der Waals surface area (Å²) in [4.78, 5) is 11.9. The first-order chi connectivity index (χ1) is 15.5. The van der Waals surface area contributed by atoms with Gasteiger partial charge in [0.1, 0.15) is 17.9 Å². The van der Waals surface area contributed by atoms with Crippen molar-refractivity contribution in [2.45, 2.75) is 64.7 Å². The zero-order valence-corrected chi connectivity index (χ0v) is 18.9. The molecule has 1 saturated carbocycles. The quantitative estimate of drug-likeness (QED) is 0.505. The highest BCUT2D eigenvalue weighted by Gasteiger charge is 2.30. The number of benzene rings is 2. The molecular weight excluding hydrogens is 400 g/mol. The molecule has 3 rings (SSSR count). The summed E-state index contributed by atoms with van der Waals surface area (Å²) >= 11 is 0. The van der Waals surface area contributed by atoms with Gasteiger partial charge in [0.25, 0.3) is 0 Å². The van der Waals surface area contributed by atoms with Gasteiger partial charge in [0.2, 0.25) is 0 Å². The summed E-state index contributed by atoms with van der Waals surface area (Å²) < 4.78 is 5.54. The van der Waals surface area contributed by atoms with E-state index in [0.29, 0.717) is 12.5 Å². The molecule has 1 aliphatic carbocycles. The molecular formula is C27H30N2O3. The third-order valence-electron chi connectivity index (χ3n) is 6.52. The smallest absolute Gasteiger partial charge is 0.337 e. The Morgan fingerprint density at radius 1 is 1.06 bits per heavy atom. The lowest BCUT2D eigenvalue weighted by molar-refractivity contribution is 0.0696. The van der Waals surface area contributed by atoms with Crippen molar-refractivity contribution in [3.63, 3.8) is 0 Å². The van der Waals surface area contributed by atoms with Gasteiger partial charge in [0, 0.05) is 0 Å². The minimum atomic E-state index is -1.19. The summed E-state index contributed by atoms with van der Waals surface area (Å²) in [5.41, 5.74) is 2.46.